The van der Waals surface area contributed by atoms with E-state index in [-0.39, 0.29) is 0 Å². The molecule has 0 amide bonds. The van der Waals surface area contributed by atoms with Crippen LogP contribution in [0.25, 0.3) is 10.2 Å². The van der Waals surface area contributed by atoms with Gasteiger partial charge in [-0.3, -0.25) is 0 Å². The molecule has 1 saturated heterocycles. The first-order chi connectivity index (χ1) is 8.57. The van der Waals surface area contributed by atoms with Crippen LogP contribution < -0.4 is 4.90 Å². The standard InChI is InChI=1S/C13H17N3OS/c1-9-6-18-11-10(9)14-8-15-12(11)16-5-3-4-13(2,17)7-16/h6,8,17H,3-5,7H2,1-2H3. The maximum Gasteiger partial charge on any atom is 0.150 e. The summed E-state index contributed by atoms with van der Waals surface area (Å²) in [4.78, 5) is 11.0. The highest BCUT2D eigenvalue weighted by Crippen LogP contribution is 2.33. The van der Waals surface area contributed by atoms with Crippen molar-refractivity contribution in [3.63, 3.8) is 0 Å². The highest BCUT2D eigenvalue weighted by molar-refractivity contribution is 7.18. The zero-order chi connectivity index (χ0) is 12.8. The summed E-state index contributed by atoms with van der Waals surface area (Å²) in [6.07, 6.45) is 3.49. The van der Waals surface area contributed by atoms with Gasteiger partial charge in [0.15, 0.2) is 0 Å². The van der Waals surface area contributed by atoms with Gasteiger partial charge in [0.05, 0.1) is 15.8 Å². The van der Waals surface area contributed by atoms with Crippen molar-refractivity contribution < 1.29 is 5.11 Å². The van der Waals surface area contributed by atoms with Crippen LogP contribution in [0.1, 0.15) is 25.3 Å². The molecule has 0 radical (unpaired) electrons. The molecule has 0 saturated carbocycles. The summed E-state index contributed by atoms with van der Waals surface area (Å²) in [5, 5.41) is 12.3. The average Bonchev–Trinajstić information content (AvgIpc) is 2.70. The SMILES string of the molecule is Cc1csc2c(N3CCCC(C)(O)C3)ncnc12. The van der Waals surface area contributed by atoms with E-state index < -0.39 is 5.60 Å². The Morgan fingerprint density at radius 2 is 2.28 bits per heavy atom. The van der Waals surface area contributed by atoms with E-state index in [0.29, 0.717) is 6.54 Å². The lowest BCUT2D eigenvalue weighted by Gasteiger charge is -2.37. The summed E-state index contributed by atoms with van der Waals surface area (Å²) in [5.41, 5.74) is 1.62. The fourth-order valence-corrected chi connectivity index (χ4v) is 3.60. The third-order valence-corrected chi connectivity index (χ3v) is 4.57. The van der Waals surface area contributed by atoms with Crippen LogP contribution in [0.15, 0.2) is 11.7 Å². The average molecular weight is 263 g/mol. The van der Waals surface area contributed by atoms with E-state index in [1.54, 1.807) is 17.7 Å². The van der Waals surface area contributed by atoms with Crippen molar-refractivity contribution in [3.8, 4) is 0 Å². The molecule has 1 N–H and O–H groups in total. The lowest BCUT2D eigenvalue weighted by molar-refractivity contribution is 0.0448. The van der Waals surface area contributed by atoms with Gasteiger partial charge < -0.3 is 10.0 Å². The molecule has 0 aliphatic carbocycles. The molecule has 1 atom stereocenters. The summed E-state index contributed by atoms with van der Waals surface area (Å²) in [6.45, 7) is 5.58. The number of β-amino-alcohol motifs (C(OH)–C–C–N with tert-alkyl or cyclic N) is 1. The molecule has 3 rings (SSSR count). The molecule has 1 fully saturated rings. The van der Waals surface area contributed by atoms with E-state index in [4.69, 9.17) is 0 Å². The predicted molar refractivity (Wildman–Crippen MR) is 74.2 cm³/mol. The van der Waals surface area contributed by atoms with E-state index in [9.17, 15) is 5.11 Å². The zero-order valence-corrected chi connectivity index (χ0v) is 11.5. The summed E-state index contributed by atoms with van der Waals surface area (Å²) in [5.74, 6) is 0.970. The van der Waals surface area contributed by atoms with E-state index in [0.717, 1.165) is 35.4 Å². The number of aliphatic hydroxyl groups is 1. The number of fused-ring (bicyclic) bond motifs is 1. The Morgan fingerprint density at radius 3 is 3.06 bits per heavy atom. The minimum absolute atomic E-state index is 0.609. The van der Waals surface area contributed by atoms with Crippen LogP contribution in [0.4, 0.5) is 5.82 Å². The fourth-order valence-electron chi connectivity index (χ4n) is 2.58. The number of thiophene rings is 1. The first-order valence-electron chi connectivity index (χ1n) is 6.23. The number of anilines is 1. The van der Waals surface area contributed by atoms with Crippen LogP contribution in [-0.4, -0.2) is 33.8 Å². The Hall–Kier alpha value is -1.20. The third-order valence-electron chi connectivity index (χ3n) is 3.49. The number of nitrogens with zero attached hydrogens (tertiary/aromatic N) is 3. The maximum absolute atomic E-state index is 10.2. The Bertz CT molecular complexity index is 579. The number of piperidine rings is 1. The second-order valence-electron chi connectivity index (χ2n) is 5.32. The summed E-state index contributed by atoms with van der Waals surface area (Å²) >= 11 is 1.69. The van der Waals surface area contributed by atoms with Crippen LogP contribution in [0, 0.1) is 6.92 Å². The van der Waals surface area contributed by atoms with Crippen LogP contribution >= 0.6 is 11.3 Å². The van der Waals surface area contributed by atoms with Crippen molar-refractivity contribution in [3.05, 3.63) is 17.3 Å². The second kappa shape index (κ2) is 4.17. The van der Waals surface area contributed by atoms with Crippen molar-refractivity contribution in [2.75, 3.05) is 18.0 Å². The van der Waals surface area contributed by atoms with Gasteiger partial charge in [0.2, 0.25) is 0 Å². The summed E-state index contributed by atoms with van der Waals surface area (Å²) in [7, 11) is 0. The van der Waals surface area contributed by atoms with Crippen molar-refractivity contribution in [2.24, 2.45) is 0 Å². The van der Waals surface area contributed by atoms with Gasteiger partial charge in [-0.1, -0.05) is 0 Å². The van der Waals surface area contributed by atoms with Crippen LogP contribution in [0.3, 0.4) is 0 Å². The number of hydrogen-bond donors (Lipinski definition) is 1. The molecule has 0 bridgehead atoms. The molecule has 1 aliphatic heterocycles. The first-order valence-corrected chi connectivity index (χ1v) is 7.11. The van der Waals surface area contributed by atoms with Crippen molar-refractivity contribution in [1.29, 1.82) is 0 Å². The molecule has 96 valence electrons. The van der Waals surface area contributed by atoms with Gasteiger partial charge >= 0.3 is 0 Å². The molecule has 0 aromatic carbocycles. The van der Waals surface area contributed by atoms with Crippen LogP contribution in [-0.2, 0) is 0 Å². The van der Waals surface area contributed by atoms with Gasteiger partial charge in [0.25, 0.3) is 0 Å². The topological polar surface area (TPSA) is 49.2 Å². The highest BCUT2D eigenvalue weighted by atomic mass is 32.1. The predicted octanol–water partition coefficient (Wildman–Crippen LogP) is 2.35. The quantitative estimate of drug-likeness (QED) is 0.858. The molecule has 18 heavy (non-hydrogen) atoms. The molecule has 3 heterocycles. The Balaban J connectivity index is 2.04. The molecule has 2 aromatic heterocycles. The van der Waals surface area contributed by atoms with E-state index in [1.165, 1.54) is 5.56 Å². The first kappa shape index (κ1) is 11.9. The van der Waals surface area contributed by atoms with Crippen molar-refractivity contribution in [1.82, 2.24) is 9.97 Å². The van der Waals surface area contributed by atoms with E-state index >= 15 is 0 Å². The van der Waals surface area contributed by atoms with Gasteiger partial charge in [-0.25, -0.2) is 9.97 Å². The van der Waals surface area contributed by atoms with Gasteiger partial charge in [-0.15, -0.1) is 11.3 Å². The maximum atomic E-state index is 10.2. The molecule has 5 heteroatoms. The molecule has 2 aromatic rings. The Kier molecular flexibility index (Phi) is 2.75. The van der Waals surface area contributed by atoms with Gasteiger partial charge in [0, 0.05) is 13.1 Å². The molecule has 1 unspecified atom stereocenters. The molecule has 1 aliphatic rings. The molecular weight excluding hydrogens is 246 g/mol. The largest absolute Gasteiger partial charge is 0.388 e. The number of aryl methyl sites for hydroxylation is 1. The van der Waals surface area contributed by atoms with Gasteiger partial charge in [-0.2, -0.15) is 0 Å². The fraction of sp³-hybridized carbons (Fsp3) is 0.538. The summed E-state index contributed by atoms with van der Waals surface area (Å²) < 4.78 is 1.13. The number of hydrogen-bond acceptors (Lipinski definition) is 5. The number of aromatic nitrogens is 2. The molecule has 4 nitrogen and oxygen atoms in total. The van der Waals surface area contributed by atoms with Crippen LogP contribution in [0.5, 0.6) is 0 Å². The third kappa shape index (κ3) is 1.97. The van der Waals surface area contributed by atoms with Crippen molar-refractivity contribution >= 4 is 27.4 Å². The molecule has 0 spiro atoms. The van der Waals surface area contributed by atoms with Crippen molar-refractivity contribution in [2.45, 2.75) is 32.3 Å². The number of rotatable bonds is 1. The molecular formula is C13H17N3OS. The Labute approximate surface area is 110 Å². The van der Waals surface area contributed by atoms with Gasteiger partial charge in [-0.05, 0) is 37.6 Å². The van der Waals surface area contributed by atoms with E-state index in [2.05, 4.69) is 27.2 Å². The lowest BCUT2D eigenvalue weighted by Crippen LogP contribution is -2.46. The minimum Gasteiger partial charge on any atom is -0.388 e. The second-order valence-corrected chi connectivity index (χ2v) is 6.20. The normalized spacial score (nSPS) is 24.7. The van der Waals surface area contributed by atoms with Crippen LogP contribution in [0.2, 0.25) is 0 Å². The smallest absolute Gasteiger partial charge is 0.150 e. The zero-order valence-electron chi connectivity index (χ0n) is 10.7. The van der Waals surface area contributed by atoms with E-state index in [1.807, 2.05) is 6.92 Å². The summed E-state index contributed by atoms with van der Waals surface area (Å²) in [6, 6.07) is 0. The van der Waals surface area contributed by atoms with Gasteiger partial charge in [0.1, 0.15) is 12.1 Å². The highest BCUT2D eigenvalue weighted by Gasteiger charge is 2.30. The minimum atomic E-state index is -0.609. The Morgan fingerprint density at radius 1 is 1.44 bits per heavy atom. The lowest BCUT2D eigenvalue weighted by atomic mass is 9.95. The monoisotopic (exact) mass is 263 g/mol.